The Morgan fingerprint density at radius 1 is 1.21 bits per heavy atom. The van der Waals surface area contributed by atoms with Gasteiger partial charge in [-0.15, -0.1) is 0 Å². The summed E-state index contributed by atoms with van der Waals surface area (Å²) in [5.41, 5.74) is 0.0793. The minimum atomic E-state index is -4.27. The highest BCUT2D eigenvalue weighted by Gasteiger charge is 2.30. The molecule has 1 aliphatic heterocycles. The number of nitrogens with one attached hydrogen (secondary N) is 1. The Labute approximate surface area is 111 Å². The maximum absolute atomic E-state index is 12.5. The van der Waals surface area contributed by atoms with Gasteiger partial charge >= 0.3 is 6.18 Å². The van der Waals surface area contributed by atoms with Crippen LogP contribution in [0, 0.1) is 0 Å². The Morgan fingerprint density at radius 2 is 1.95 bits per heavy atom. The molecule has 19 heavy (non-hydrogen) atoms. The van der Waals surface area contributed by atoms with E-state index in [0.717, 1.165) is 32.0 Å². The number of rotatable bonds is 4. The van der Waals surface area contributed by atoms with Crippen LogP contribution in [0.1, 0.15) is 24.0 Å². The van der Waals surface area contributed by atoms with Crippen LogP contribution < -0.4 is 5.32 Å². The molecule has 1 aliphatic rings. The summed E-state index contributed by atoms with van der Waals surface area (Å²) in [5.74, 6) is 0. The molecular formula is C14H18F3NO. The van der Waals surface area contributed by atoms with E-state index in [9.17, 15) is 13.2 Å². The van der Waals surface area contributed by atoms with E-state index in [0.29, 0.717) is 18.6 Å². The Hall–Kier alpha value is -1.07. The van der Waals surface area contributed by atoms with Gasteiger partial charge in [0, 0.05) is 0 Å². The van der Waals surface area contributed by atoms with Crippen LogP contribution >= 0.6 is 0 Å². The highest BCUT2D eigenvalue weighted by Crippen LogP contribution is 2.29. The lowest BCUT2D eigenvalue weighted by molar-refractivity contribution is -0.137. The van der Waals surface area contributed by atoms with Crippen molar-refractivity contribution in [3.05, 3.63) is 35.4 Å². The molecule has 0 aliphatic carbocycles. The molecule has 1 heterocycles. The molecule has 0 spiro atoms. The van der Waals surface area contributed by atoms with Crippen LogP contribution in [0.2, 0.25) is 0 Å². The van der Waals surface area contributed by atoms with Crippen molar-refractivity contribution in [2.24, 2.45) is 0 Å². The summed E-state index contributed by atoms with van der Waals surface area (Å²) < 4.78 is 43.3. The first-order chi connectivity index (χ1) is 9.05. The molecule has 0 bridgehead atoms. The second kappa shape index (κ2) is 6.39. The van der Waals surface area contributed by atoms with Gasteiger partial charge in [0.2, 0.25) is 0 Å². The molecule has 0 radical (unpaired) electrons. The van der Waals surface area contributed by atoms with Crippen LogP contribution in [-0.4, -0.2) is 25.8 Å². The van der Waals surface area contributed by atoms with E-state index in [2.05, 4.69) is 5.32 Å². The molecule has 2 nitrogen and oxygen atoms in total. The number of hydrogen-bond donors (Lipinski definition) is 1. The molecule has 0 saturated carbocycles. The van der Waals surface area contributed by atoms with Crippen molar-refractivity contribution in [3.8, 4) is 0 Å². The first-order valence-electron chi connectivity index (χ1n) is 6.54. The number of ether oxygens (including phenoxy) is 1. The zero-order chi connectivity index (χ0) is 13.7. The van der Waals surface area contributed by atoms with Gasteiger partial charge in [0.05, 0.1) is 18.3 Å². The molecule has 0 atom stereocenters. The first-order valence-corrected chi connectivity index (χ1v) is 6.54. The zero-order valence-electron chi connectivity index (χ0n) is 10.7. The zero-order valence-corrected chi connectivity index (χ0v) is 10.7. The van der Waals surface area contributed by atoms with Crippen LogP contribution in [0.3, 0.4) is 0 Å². The molecule has 2 rings (SSSR count). The standard InChI is InChI=1S/C14H18F3NO/c15-14(16,17)12-3-1-2-11(10-12)6-9-19-13-4-7-18-8-5-13/h1-3,10,13,18H,4-9H2. The van der Waals surface area contributed by atoms with E-state index in [1.807, 2.05) is 0 Å². The van der Waals surface area contributed by atoms with Gasteiger partial charge in [0.1, 0.15) is 0 Å². The molecule has 0 amide bonds. The number of hydrogen-bond acceptors (Lipinski definition) is 2. The molecule has 5 heteroatoms. The topological polar surface area (TPSA) is 21.3 Å². The largest absolute Gasteiger partial charge is 0.416 e. The predicted octanol–water partition coefficient (Wildman–Crippen LogP) is 3.02. The van der Waals surface area contributed by atoms with Gasteiger partial charge in [-0.25, -0.2) is 0 Å². The van der Waals surface area contributed by atoms with Crippen LogP contribution in [0.15, 0.2) is 24.3 Å². The minimum Gasteiger partial charge on any atom is -0.378 e. The van der Waals surface area contributed by atoms with E-state index in [1.54, 1.807) is 6.07 Å². The maximum Gasteiger partial charge on any atom is 0.416 e. The summed E-state index contributed by atoms with van der Waals surface area (Å²) >= 11 is 0. The Morgan fingerprint density at radius 3 is 2.63 bits per heavy atom. The van der Waals surface area contributed by atoms with Gasteiger partial charge in [-0.3, -0.25) is 0 Å². The van der Waals surface area contributed by atoms with E-state index in [1.165, 1.54) is 12.1 Å². The molecule has 0 unspecified atom stereocenters. The van der Waals surface area contributed by atoms with Crippen molar-refractivity contribution in [3.63, 3.8) is 0 Å². The van der Waals surface area contributed by atoms with Gasteiger partial charge in [0.25, 0.3) is 0 Å². The SMILES string of the molecule is FC(F)(F)c1cccc(CCOC2CCNCC2)c1. The average Bonchev–Trinajstić information content (AvgIpc) is 2.39. The third-order valence-electron chi connectivity index (χ3n) is 3.28. The summed E-state index contributed by atoms with van der Waals surface area (Å²) in [6.45, 7) is 2.38. The first kappa shape index (κ1) is 14.3. The molecule has 1 aromatic rings. The van der Waals surface area contributed by atoms with Crippen molar-refractivity contribution in [1.82, 2.24) is 5.32 Å². The summed E-state index contributed by atoms with van der Waals surface area (Å²) in [7, 11) is 0. The average molecular weight is 273 g/mol. The highest BCUT2D eigenvalue weighted by molar-refractivity contribution is 5.25. The lowest BCUT2D eigenvalue weighted by Crippen LogP contribution is -2.32. The molecule has 1 fully saturated rings. The van der Waals surface area contributed by atoms with Gasteiger partial charge in [-0.05, 0) is 44.0 Å². The summed E-state index contributed by atoms with van der Waals surface area (Å²) in [6, 6.07) is 5.45. The monoisotopic (exact) mass is 273 g/mol. The van der Waals surface area contributed by atoms with Crippen molar-refractivity contribution in [1.29, 1.82) is 0 Å². The second-order valence-corrected chi connectivity index (χ2v) is 4.77. The maximum atomic E-state index is 12.5. The molecule has 0 aromatic heterocycles. The summed E-state index contributed by atoms with van der Waals surface area (Å²) in [4.78, 5) is 0. The number of alkyl halides is 3. The third kappa shape index (κ3) is 4.51. The molecular weight excluding hydrogens is 255 g/mol. The summed E-state index contributed by atoms with van der Waals surface area (Å²) in [5, 5.41) is 3.24. The number of piperidine rings is 1. The van der Waals surface area contributed by atoms with Gasteiger partial charge in [0.15, 0.2) is 0 Å². The lowest BCUT2D eigenvalue weighted by atomic mass is 10.1. The quantitative estimate of drug-likeness (QED) is 0.910. The van der Waals surface area contributed by atoms with Crippen LogP contribution in [0.25, 0.3) is 0 Å². The van der Waals surface area contributed by atoms with E-state index in [-0.39, 0.29) is 6.10 Å². The summed E-state index contributed by atoms with van der Waals surface area (Å²) in [6.07, 6.45) is -1.56. The molecule has 1 aromatic carbocycles. The predicted molar refractivity (Wildman–Crippen MR) is 67.0 cm³/mol. The fraction of sp³-hybridized carbons (Fsp3) is 0.571. The molecule has 106 valence electrons. The van der Waals surface area contributed by atoms with Crippen molar-refractivity contribution in [2.45, 2.75) is 31.5 Å². The van der Waals surface area contributed by atoms with E-state index < -0.39 is 11.7 Å². The highest BCUT2D eigenvalue weighted by atomic mass is 19.4. The van der Waals surface area contributed by atoms with E-state index >= 15 is 0 Å². The third-order valence-corrected chi connectivity index (χ3v) is 3.28. The van der Waals surface area contributed by atoms with Crippen molar-refractivity contribution in [2.75, 3.05) is 19.7 Å². The number of halogens is 3. The van der Waals surface area contributed by atoms with Gasteiger partial charge in [-0.1, -0.05) is 18.2 Å². The van der Waals surface area contributed by atoms with E-state index in [4.69, 9.17) is 4.74 Å². The second-order valence-electron chi connectivity index (χ2n) is 4.77. The van der Waals surface area contributed by atoms with Crippen molar-refractivity contribution >= 4 is 0 Å². The Kier molecular flexibility index (Phi) is 4.82. The van der Waals surface area contributed by atoms with Crippen LogP contribution in [-0.2, 0) is 17.3 Å². The Balaban J connectivity index is 1.82. The lowest BCUT2D eigenvalue weighted by Gasteiger charge is -2.23. The normalized spacial score (nSPS) is 17.6. The molecule has 1 N–H and O–H groups in total. The van der Waals surface area contributed by atoms with Crippen molar-refractivity contribution < 1.29 is 17.9 Å². The van der Waals surface area contributed by atoms with Crippen LogP contribution in [0.5, 0.6) is 0 Å². The van der Waals surface area contributed by atoms with Gasteiger partial charge in [-0.2, -0.15) is 13.2 Å². The van der Waals surface area contributed by atoms with Gasteiger partial charge < -0.3 is 10.1 Å². The molecule has 1 saturated heterocycles. The smallest absolute Gasteiger partial charge is 0.378 e. The number of benzene rings is 1. The van der Waals surface area contributed by atoms with Crippen LogP contribution in [0.4, 0.5) is 13.2 Å². The Bertz CT molecular complexity index is 400. The fourth-order valence-corrected chi connectivity index (χ4v) is 2.21. The minimum absolute atomic E-state index is 0.243. The fourth-order valence-electron chi connectivity index (χ4n) is 2.21.